The Morgan fingerprint density at radius 1 is 1.00 bits per heavy atom. The monoisotopic (exact) mass is 339 g/mol. The summed E-state index contributed by atoms with van der Waals surface area (Å²) in [6, 6.07) is 14.2. The van der Waals surface area contributed by atoms with E-state index in [2.05, 4.69) is 16.1 Å². The first-order valence-corrected chi connectivity index (χ1v) is 7.33. The molecule has 2 heterocycles. The van der Waals surface area contributed by atoms with Crippen LogP contribution in [-0.4, -0.2) is 38.9 Å². The molecule has 0 amide bonds. The molecule has 0 unspecified atom stereocenters. The molecule has 0 aliphatic heterocycles. The Labute approximate surface area is 144 Å². The third-order valence-electron chi connectivity index (χ3n) is 3.28. The highest BCUT2D eigenvalue weighted by Crippen LogP contribution is 2.24. The van der Waals surface area contributed by atoms with Crippen molar-refractivity contribution in [1.29, 1.82) is 0 Å². The molecule has 0 fully saturated rings. The second-order valence-electron chi connectivity index (χ2n) is 4.94. The lowest BCUT2D eigenvalue weighted by Crippen LogP contribution is -2.22. The maximum Gasteiger partial charge on any atom is 0.328 e. The van der Waals surface area contributed by atoms with Crippen LogP contribution in [0.5, 0.6) is 0 Å². The maximum absolute atomic E-state index is 9.55. The van der Waals surface area contributed by atoms with Crippen LogP contribution in [0, 0.1) is 0 Å². The van der Waals surface area contributed by atoms with Gasteiger partial charge in [-0.3, -0.25) is 14.7 Å². The Kier molecular flexibility index (Phi) is 5.89. The zero-order chi connectivity index (χ0) is 18.2. The summed E-state index contributed by atoms with van der Waals surface area (Å²) in [5.41, 5.74) is 2.16. The molecule has 0 saturated carbocycles. The van der Waals surface area contributed by atoms with Gasteiger partial charge in [0.2, 0.25) is 0 Å². The number of para-hydroxylation sites is 1. The highest BCUT2D eigenvalue weighted by atomic mass is 16.4. The van der Waals surface area contributed by atoms with Crippen LogP contribution in [0.25, 0.3) is 10.9 Å². The van der Waals surface area contributed by atoms with Crippen LogP contribution in [0.15, 0.2) is 73.2 Å². The Morgan fingerprint density at radius 2 is 1.60 bits per heavy atom. The summed E-state index contributed by atoms with van der Waals surface area (Å²) in [6.45, 7) is 0. The van der Waals surface area contributed by atoms with Gasteiger partial charge in [0.25, 0.3) is 0 Å². The number of anilines is 1. The van der Waals surface area contributed by atoms with Gasteiger partial charge in [0.05, 0.1) is 11.2 Å². The van der Waals surface area contributed by atoms with Crippen molar-refractivity contribution in [1.82, 2.24) is 9.66 Å². The molecule has 3 rings (SSSR count). The van der Waals surface area contributed by atoms with Crippen molar-refractivity contribution in [2.24, 2.45) is 0 Å². The van der Waals surface area contributed by atoms with Gasteiger partial charge in [-0.25, -0.2) is 9.59 Å². The van der Waals surface area contributed by atoms with E-state index in [1.165, 1.54) is 0 Å². The van der Waals surface area contributed by atoms with Gasteiger partial charge < -0.3 is 10.2 Å². The quantitative estimate of drug-likeness (QED) is 0.710. The van der Waals surface area contributed by atoms with Crippen molar-refractivity contribution < 1.29 is 19.8 Å². The number of fused-ring (bicyclic) bond motifs is 1. The second-order valence-corrected chi connectivity index (χ2v) is 4.94. The lowest BCUT2D eigenvalue weighted by atomic mass is 10.2. The summed E-state index contributed by atoms with van der Waals surface area (Å²) in [7, 11) is 2.04. The van der Waals surface area contributed by atoms with Gasteiger partial charge in [-0.05, 0) is 24.3 Å². The van der Waals surface area contributed by atoms with Crippen molar-refractivity contribution in [2.45, 2.75) is 0 Å². The molecule has 2 N–H and O–H groups in total. The lowest BCUT2D eigenvalue weighted by molar-refractivity contribution is -0.134. The van der Waals surface area contributed by atoms with Crippen LogP contribution in [0.4, 0.5) is 5.69 Å². The van der Waals surface area contributed by atoms with E-state index in [0.29, 0.717) is 12.2 Å². The molecule has 25 heavy (non-hydrogen) atoms. The van der Waals surface area contributed by atoms with E-state index >= 15 is 0 Å². The Hall–Kier alpha value is -3.61. The minimum atomic E-state index is -1.26. The van der Waals surface area contributed by atoms with E-state index in [-0.39, 0.29) is 0 Å². The van der Waals surface area contributed by atoms with Gasteiger partial charge >= 0.3 is 11.9 Å². The van der Waals surface area contributed by atoms with E-state index in [9.17, 15) is 9.59 Å². The standard InChI is InChI=1S/C14H13N3.C4H4O4/c1-16(17-10-4-5-11-17)14-8-9-15-13-7-3-2-6-12(13)14;5-3(6)1-2-4(7)8/h2-11H,1H3;1-2H,(H,5,6)(H,7,8). The average molecular weight is 339 g/mol. The van der Waals surface area contributed by atoms with Crippen molar-refractivity contribution in [3.63, 3.8) is 0 Å². The first-order chi connectivity index (χ1) is 12.0. The molecule has 7 nitrogen and oxygen atoms in total. The minimum Gasteiger partial charge on any atom is -0.478 e. The zero-order valence-corrected chi connectivity index (χ0v) is 13.5. The molecule has 0 bridgehead atoms. The summed E-state index contributed by atoms with van der Waals surface area (Å²) in [6.07, 6.45) is 7.01. The van der Waals surface area contributed by atoms with Crippen molar-refractivity contribution in [2.75, 3.05) is 12.1 Å². The van der Waals surface area contributed by atoms with Crippen LogP contribution in [0.3, 0.4) is 0 Å². The van der Waals surface area contributed by atoms with Crippen LogP contribution < -0.4 is 5.01 Å². The molecule has 0 radical (unpaired) electrons. The summed E-state index contributed by atoms with van der Waals surface area (Å²) < 4.78 is 2.04. The Balaban J connectivity index is 0.000000242. The van der Waals surface area contributed by atoms with E-state index in [1.54, 1.807) is 0 Å². The van der Waals surface area contributed by atoms with Crippen LogP contribution in [-0.2, 0) is 9.59 Å². The topological polar surface area (TPSA) is 95.7 Å². The van der Waals surface area contributed by atoms with E-state index in [1.807, 2.05) is 66.7 Å². The number of aromatic nitrogens is 2. The third kappa shape index (κ3) is 4.93. The second kappa shape index (κ2) is 8.30. The number of carboxylic acid groups (broad SMARTS) is 2. The van der Waals surface area contributed by atoms with Gasteiger partial charge in [0, 0.05) is 43.2 Å². The molecule has 0 aliphatic rings. The zero-order valence-electron chi connectivity index (χ0n) is 13.5. The van der Waals surface area contributed by atoms with Crippen LogP contribution in [0.1, 0.15) is 0 Å². The third-order valence-corrected chi connectivity index (χ3v) is 3.28. The largest absolute Gasteiger partial charge is 0.478 e. The molecular weight excluding hydrogens is 322 g/mol. The first-order valence-electron chi connectivity index (χ1n) is 7.33. The molecule has 2 aromatic heterocycles. The molecule has 7 heteroatoms. The molecule has 0 saturated heterocycles. The van der Waals surface area contributed by atoms with E-state index in [4.69, 9.17) is 10.2 Å². The predicted octanol–water partition coefficient (Wildman–Crippen LogP) is 2.65. The average Bonchev–Trinajstić information content (AvgIpc) is 3.14. The fraction of sp³-hybridized carbons (Fsp3) is 0.0556. The van der Waals surface area contributed by atoms with E-state index < -0.39 is 11.9 Å². The number of aliphatic carboxylic acids is 2. The smallest absolute Gasteiger partial charge is 0.328 e. The molecule has 3 aromatic rings. The predicted molar refractivity (Wildman–Crippen MR) is 94.4 cm³/mol. The van der Waals surface area contributed by atoms with Crippen LogP contribution in [0.2, 0.25) is 0 Å². The molecule has 0 aliphatic carbocycles. The highest BCUT2D eigenvalue weighted by Gasteiger charge is 2.06. The maximum atomic E-state index is 9.55. The normalized spacial score (nSPS) is 10.3. The lowest BCUT2D eigenvalue weighted by Gasteiger charge is -2.22. The summed E-state index contributed by atoms with van der Waals surface area (Å²) in [4.78, 5) is 23.5. The Bertz CT molecular complexity index is 867. The fourth-order valence-electron chi connectivity index (χ4n) is 2.16. The summed E-state index contributed by atoms with van der Waals surface area (Å²) in [5.74, 6) is -2.51. The van der Waals surface area contributed by atoms with E-state index in [0.717, 1.165) is 16.6 Å². The minimum absolute atomic E-state index is 0.558. The number of hydrogen-bond acceptors (Lipinski definition) is 4. The molecule has 0 spiro atoms. The number of benzene rings is 1. The van der Waals surface area contributed by atoms with Gasteiger partial charge in [-0.15, -0.1) is 0 Å². The van der Waals surface area contributed by atoms with Crippen molar-refractivity contribution in [3.05, 3.63) is 73.2 Å². The highest BCUT2D eigenvalue weighted by molar-refractivity contribution is 5.91. The summed E-state index contributed by atoms with van der Waals surface area (Å²) >= 11 is 0. The van der Waals surface area contributed by atoms with Crippen molar-refractivity contribution >= 4 is 28.5 Å². The van der Waals surface area contributed by atoms with Gasteiger partial charge in [-0.1, -0.05) is 18.2 Å². The molecule has 0 atom stereocenters. The molecular formula is C18H17N3O4. The number of hydrogen-bond donors (Lipinski definition) is 2. The van der Waals surface area contributed by atoms with Gasteiger partial charge in [0.15, 0.2) is 0 Å². The first kappa shape index (κ1) is 17.7. The number of rotatable bonds is 4. The number of carboxylic acids is 2. The number of nitrogens with zero attached hydrogens (tertiary/aromatic N) is 3. The van der Waals surface area contributed by atoms with Crippen molar-refractivity contribution in [3.8, 4) is 0 Å². The molecule has 128 valence electrons. The fourth-order valence-corrected chi connectivity index (χ4v) is 2.16. The SMILES string of the molecule is CN(c1ccnc2ccccc12)n1cccc1.O=C(O)C=CC(=O)O. The molecule has 1 aromatic carbocycles. The number of pyridine rings is 1. The van der Waals surface area contributed by atoms with Gasteiger partial charge in [-0.2, -0.15) is 0 Å². The van der Waals surface area contributed by atoms with Gasteiger partial charge in [0.1, 0.15) is 0 Å². The Morgan fingerprint density at radius 3 is 2.20 bits per heavy atom. The summed E-state index contributed by atoms with van der Waals surface area (Å²) in [5, 5.41) is 18.9. The number of carbonyl (C=O) groups is 2. The van der Waals surface area contributed by atoms with Crippen LogP contribution >= 0.6 is 0 Å².